The van der Waals surface area contributed by atoms with E-state index < -0.39 is 5.41 Å². The van der Waals surface area contributed by atoms with Gasteiger partial charge in [-0.1, -0.05) is 29.8 Å². The lowest BCUT2D eigenvalue weighted by Gasteiger charge is -2.41. The molecule has 1 aliphatic carbocycles. The molecule has 146 valence electrons. The molecule has 29 heavy (non-hydrogen) atoms. The number of nitrogens with zero attached hydrogens (tertiary/aromatic N) is 1. The summed E-state index contributed by atoms with van der Waals surface area (Å²) in [6.07, 6.45) is 8.73. The number of hydrogen-bond acceptors (Lipinski definition) is 5. The van der Waals surface area contributed by atoms with Crippen LogP contribution in [0, 0.1) is 0 Å². The van der Waals surface area contributed by atoms with Crippen LogP contribution >= 0.6 is 22.9 Å². The van der Waals surface area contributed by atoms with E-state index in [0.29, 0.717) is 30.2 Å². The number of benzene rings is 1. The number of hydrogen-bond donors (Lipinski definition) is 0. The van der Waals surface area contributed by atoms with Crippen LogP contribution in [0.25, 0.3) is 0 Å². The van der Waals surface area contributed by atoms with Gasteiger partial charge in [-0.3, -0.25) is 4.79 Å². The number of halogens is 1. The minimum absolute atomic E-state index is 0.0205. The molecule has 1 aromatic carbocycles. The Morgan fingerprint density at radius 2 is 1.90 bits per heavy atom. The molecule has 1 saturated heterocycles. The van der Waals surface area contributed by atoms with Crippen molar-refractivity contribution >= 4 is 28.8 Å². The van der Waals surface area contributed by atoms with Gasteiger partial charge in [0.05, 0.1) is 10.9 Å². The Hall–Kier alpha value is -2.70. The van der Waals surface area contributed by atoms with Crippen LogP contribution < -0.4 is 14.2 Å². The summed E-state index contributed by atoms with van der Waals surface area (Å²) in [5.41, 5.74) is 2.02. The van der Waals surface area contributed by atoms with Crippen LogP contribution in [-0.2, 0) is 16.8 Å². The highest BCUT2D eigenvalue weighted by Gasteiger charge is 2.55. The molecule has 2 aromatic rings. The summed E-state index contributed by atoms with van der Waals surface area (Å²) in [7, 11) is 0. The molecule has 0 saturated carbocycles. The number of allylic oxidation sites excluding steroid dienone is 5. The van der Waals surface area contributed by atoms with Crippen LogP contribution in [-0.4, -0.2) is 24.2 Å². The second-order valence-electron chi connectivity index (χ2n) is 7.40. The van der Waals surface area contributed by atoms with Gasteiger partial charge in [0.25, 0.3) is 0 Å². The second kappa shape index (κ2) is 6.15. The summed E-state index contributed by atoms with van der Waals surface area (Å²) in [6, 6.07) is 7.59. The van der Waals surface area contributed by atoms with Crippen molar-refractivity contribution < 1.29 is 19.0 Å². The number of thiophene rings is 1. The van der Waals surface area contributed by atoms with Crippen LogP contribution in [0.4, 0.5) is 0 Å². The molecule has 1 atom stereocenters. The van der Waals surface area contributed by atoms with Crippen molar-refractivity contribution in [1.29, 1.82) is 0 Å². The van der Waals surface area contributed by atoms with Gasteiger partial charge in [-0.25, -0.2) is 0 Å². The Morgan fingerprint density at radius 1 is 1.07 bits per heavy atom. The molecule has 2 bridgehead atoms. The quantitative estimate of drug-likeness (QED) is 0.707. The number of carbonyl (C=O) groups is 1. The highest BCUT2D eigenvalue weighted by Crippen LogP contribution is 2.54. The smallest absolute Gasteiger partial charge is 0.245 e. The first-order valence-corrected chi connectivity index (χ1v) is 10.5. The van der Waals surface area contributed by atoms with Crippen molar-refractivity contribution in [2.24, 2.45) is 0 Å². The molecule has 1 amide bonds. The molecule has 4 heterocycles. The number of rotatable bonds is 2. The van der Waals surface area contributed by atoms with Gasteiger partial charge in [0.15, 0.2) is 11.5 Å². The van der Waals surface area contributed by atoms with Crippen molar-refractivity contribution in [3.05, 3.63) is 74.6 Å². The predicted octanol–water partition coefficient (Wildman–Crippen LogP) is 4.57. The molecule has 7 heteroatoms. The first-order chi connectivity index (χ1) is 14.1. The third kappa shape index (κ3) is 2.42. The lowest BCUT2D eigenvalue weighted by atomic mass is 9.70. The van der Waals surface area contributed by atoms with Crippen molar-refractivity contribution in [1.82, 2.24) is 4.90 Å². The molecule has 1 aromatic heterocycles. The first kappa shape index (κ1) is 17.2. The fourth-order valence-corrected chi connectivity index (χ4v) is 5.55. The van der Waals surface area contributed by atoms with E-state index in [1.54, 1.807) is 0 Å². The SMILES string of the molecule is O=C1N(Cc2ccc(Cl)s2)C2=CC=CC=C(C2)C12COc1cc3c(cc12)OCO3. The van der Waals surface area contributed by atoms with Gasteiger partial charge in [0.2, 0.25) is 12.7 Å². The molecule has 1 fully saturated rings. The Balaban J connectivity index is 1.50. The van der Waals surface area contributed by atoms with Crippen molar-refractivity contribution in [3.63, 3.8) is 0 Å². The first-order valence-electron chi connectivity index (χ1n) is 9.35. The van der Waals surface area contributed by atoms with Gasteiger partial charge in [-0.15, -0.1) is 11.3 Å². The molecule has 1 unspecified atom stereocenters. The van der Waals surface area contributed by atoms with E-state index in [2.05, 4.69) is 0 Å². The highest BCUT2D eigenvalue weighted by atomic mass is 35.5. The fraction of sp³-hybridized carbons (Fsp3) is 0.227. The normalized spacial score (nSPS) is 23.6. The topological polar surface area (TPSA) is 48.0 Å². The average molecular weight is 426 g/mol. The lowest BCUT2D eigenvalue weighted by molar-refractivity contribution is -0.136. The van der Waals surface area contributed by atoms with Crippen LogP contribution in [0.5, 0.6) is 17.2 Å². The minimum Gasteiger partial charge on any atom is -0.491 e. The summed E-state index contributed by atoms with van der Waals surface area (Å²) >= 11 is 7.62. The summed E-state index contributed by atoms with van der Waals surface area (Å²) in [5.74, 6) is 2.02. The number of fused-ring (bicyclic) bond motifs is 6. The van der Waals surface area contributed by atoms with Crippen LogP contribution in [0.15, 0.2) is 59.8 Å². The maximum Gasteiger partial charge on any atom is 0.245 e. The van der Waals surface area contributed by atoms with Gasteiger partial charge >= 0.3 is 0 Å². The molecular weight excluding hydrogens is 410 g/mol. The summed E-state index contributed by atoms with van der Waals surface area (Å²) in [5, 5.41) is 0. The van der Waals surface area contributed by atoms with Crippen LogP contribution in [0.1, 0.15) is 16.9 Å². The molecule has 5 nitrogen and oxygen atoms in total. The van der Waals surface area contributed by atoms with E-state index in [0.717, 1.165) is 26.0 Å². The molecule has 6 rings (SSSR count). The minimum atomic E-state index is -0.858. The second-order valence-corrected chi connectivity index (χ2v) is 9.20. The maximum absolute atomic E-state index is 14.0. The van der Waals surface area contributed by atoms with E-state index in [1.807, 2.05) is 53.5 Å². The monoisotopic (exact) mass is 425 g/mol. The van der Waals surface area contributed by atoms with Gasteiger partial charge in [-0.2, -0.15) is 0 Å². The Bertz CT molecular complexity index is 1150. The van der Waals surface area contributed by atoms with Gasteiger partial charge in [0, 0.05) is 28.6 Å². The zero-order chi connectivity index (χ0) is 19.6. The third-order valence-corrected chi connectivity index (χ3v) is 7.11. The Morgan fingerprint density at radius 3 is 2.72 bits per heavy atom. The number of amides is 1. The number of carbonyl (C=O) groups excluding carboxylic acids is 1. The van der Waals surface area contributed by atoms with Crippen molar-refractivity contribution in [2.75, 3.05) is 13.4 Å². The fourth-order valence-electron chi connectivity index (χ4n) is 4.48. The van der Waals surface area contributed by atoms with Gasteiger partial charge in [-0.05, 0) is 29.8 Å². The zero-order valence-electron chi connectivity index (χ0n) is 15.3. The summed E-state index contributed by atoms with van der Waals surface area (Å²) in [4.78, 5) is 16.9. The summed E-state index contributed by atoms with van der Waals surface area (Å²) in [6.45, 7) is 0.951. The van der Waals surface area contributed by atoms with Crippen molar-refractivity contribution in [3.8, 4) is 17.2 Å². The lowest BCUT2D eigenvalue weighted by Crippen LogP contribution is -2.52. The van der Waals surface area contributed by atoms with E-state index in [1.165, 1.54) is 11.3 Å². The van der Waals surface area contributed by atoms with Crippen LogP contribution in [0.3, 0.4) is 0 Å². The Labute approximate surface area is 176 Å². The van der Waals surface area contributed by atoms with E-state index >= 15 is 0 Å². The van der Waals surface area contributed by atoms with Gasteiger partial charge < -0.3 is 19.1 Å². The number of piperidine rings is 1. The Kier molecular flexibility index (Phi) is 3.64. The standard InChI is InChI=1S/C22H16ClNO4S/c23-20-6-5-15(29-20)10-24-14-4-2-1-3-13(7-14)22(21(24)25)11-26-17-9-19-18(8-16(17)22)27-12-28-19/h1-6,8-9H,7,10-12H2. The third-order valence-electron chi connectivity index (χ3n) is 5.90. The number of ether oxygens (including phenoxy) is 3. The van der Waals surface area contributed by atoms with Crippen LogP contribution in [0.2, 0.25) is 4.34 Å². The molecular formula is C22H16ClNO4S. The molecule has 1 spiro atoms. The molecule has 4 aliphatic rings. The molecule has 3 aliphatic heterocycles. The predicted molar refractivity (Wildman–Crippen MR) is 110 cm³/mol. The largest absolute Gasteiger partial charge is 0.491 e. The van der Waals surface area contributed by atoms with E-state index in [9.17, 15) is 4.79 Å². The van der Waals surface area contributed by atoms with Crippen molar-refractivity contribution in [2.45, 2.75) is 18.4 Å². The van der Waals surface area contributed by atoms with Gasteiger partial charge in [0.1, 0.15) is 17.8 Å². The average Bonchev–Trinajstić information content (AvgIpc) is 3.39. The molecule has 0 radical (unpaired) electrons. The van der Waals surface area contributed by atoms with E-state index in [4.69, 9.17) is 25.8 Å². The summed E-state index contributed by atoms with van der Waals surface area (Å²) < 4.78 is 17.8. The molecule has 0 N–H and O–H groups in total. The van der Waals surface area contributed by atoms with E-state index in [-0.39, 0.29) is 19.3 Å². The zero-order valence-corrected chi connectivity index (χ0v) is 16.9. The number of likely N-dealkylation sites (tertiary alicyclic amines) is 1. The highest BCUT2D eigenvalue weighted by molar-refractivity contribution is 7.16. The maximum atomic E-state index is 14.0.